The van der Waals surface area contributed by atoms with Gasteiger partial charge in [0.05, 0.1) is 0 Å². The van der Waals surface area contributed by atoms with Gasteiger partial charge in [-0.3, -0.25) is 0 Å². The monoisotopic (exact) mass is 176 g/mol. The van der Waals surface area contributed by atoms with Crippen molar-refractivity contribution in [1.29, 1.82) is 0 Å². The Morgan fingerprint density at radius 1 is 1.20 bits per heavy atom. The topological polar surface area (TPSA) is 23.1 Å². The molecule has 0 bridgehead atoms. The molecule has 5 heavy (non-hydrogen) atoms. The summed E-state index contributed by atoms with van der Waals surface area (Å²) >= 11 is 0.110. The molecule has 0 aliphatic carbocycles. The molecule has 0 rings (SSSR count). The molecule has 0 saturated carbocycles. The molecule has 1 nitrogen and oxygen atoms in total. The van der Waals surface area contributed by atoms with E-state index in [9.17, 15) is 0 Å². The van der Waals surface area contributed by atoms with Crippen molar-refractivity contribution in [2.45, 2.75) is 9.36 Å². The third kappa shape index (κ3) is 56.1. The Hall–Kier alpha value is 0.830. The van der Waals surface area contributed by atoms with Gasteiger partial charge < -0.3 is 5.11 Å². The number of hydrogen-bond acceptors (Lipinski definition) is 1. The van der Waals surface area contributed by atoms with Crippen LogP contribution in [0.15, 0.2) is 0 Å². The van der Waals surface area contributed by atoms with Crippen LogP contribution in [0, 0.1) is 0 Å². The molecule has 0 atom stereocenters. The zero-order valence-corrected chi connectivity index (χ0v) is 7.28. The van der Waals surface area contributed by atoms with Crippen LogP contribution in [-0.4, -0.2) is 30.0 Å². The van der Waals surface area contributed by atoms with Crippen LogP contribution < -0.4 is 5.11 Å². The van der Waals surface area contributed by atoms with Crippen LogP contribution in [-0.2, 0) is 0 Å². The van der Waals surface area contributed by atoms with Gasteiger partial charge in [0.1, 0.15) is 0 Å². The van der Waals surface area contributed by atoms with Crippen molar-refractivity contribution in [3.63, 3.8) is 0 Å². The minimum absolute atomic E-state index is 0.110. The summed E-state index contributed by atoms with van der Waals surface area (Å²) in [5, 5.41) is 8.25. The standard InChI is InChI=1S/CH3O.2CH3.In/c1-2;;;/h1H3;2*1H3;/q-1;;;+1. The van der Waals surface area contributed by atoms with Crippen LogP contribution in [0.5, 0.6) is 0 Å². The van der Waals surface area contributed by atoms with Crippen molar-refractivity contribution >= 4 is 22.9 Å². The van der Waals surface area contributed by atoms with Crippen molar-refractivity contribution in [2.24, 2.45) is 0 Å². The van der Waals surface area contributed by atoms with E-state index >= 15 is 0 Å². The van der Waals surface area contributed by atoms with E-state index in [0.29, 0.717) is 0 Å². The quantitative estimate of drug-likeness (QED) is 0.499. The predicted octanol–water partition coefficient (Wildman–Crippen LogP) is -0.237. The summed E-state index contributed by atoms with van der Waals surface area (Å²) in [4.78, 5) is 0. The maximum absolute atomic E-state index is 8.25. The van der Waals surface area contributed by atoms with Crippen molar-refractivity contribution in [1.82, 2.24) is 0 Å². The first kappa shape index (κ1) is 9.27. The minimum atomic E-state index is 0.110. The first-order valence-electron chi connectivity index (χ1n) is 1.56. The summed E-state index contributed by atoms with van der Waals surface area (Å²) in [7, 11) is 0.750. The van der Waals surface area contributed by atoms with Gasteiger partial charge in [0, 0.05) is 0 Å². The van der Waals surface area contributed by atoms with Gasteiger partial charge in [0.15, 0.2) is 0 Å². The second-order valence-corrected chi connectivity index (χ2v) is 3.87. The van der Waals surface area contributed by atoms with Gasteiger partial charge in [-0.05, 0) is 0 Å². The average Bonchev–Trinajstić information content (AvgIpc) is 1.46. The third-order valence-electron chi connectivity index (χ3n) is 0. The van der Waals surface area contributed by atoms with Gasteiger partial charge in [0.2, 0.25) is 0 Å². The van der Waals surface area contributed by atoms with Crippen molar-refractivity contribution in [3.8, 4) is 0 Å². The predicted molar refractivity (Wildman–Crippen MR) is 23.4 cm³/mol. The zero-order chi connectivity index (χ0) is 4.71. The van der Waals surface area contributed by atoms with Crippen LogP contribution in [0.25, 0.3) is 0 Å². The average molecular weight is 176 g/mol. The first-order chi connectivity index (χ1) is 2.41. The SMILES string of the molecule is C[O-].[CH3][In+][CH3]. The van der Waals surface area contributed by atoms with E-state index in [-0.39, 0.29) is 22.9 Å². The van der Waals surface area contributed by atoms with Gasteiger partial charge in [-0.1, -0.05) is 0 Å². The van der Waals surface area contributed by atoms with E-state index in [1.54, 1.807) is 0 Å². The molecule has 0 aromatic rings. The van der Waals surface area contributed by atoms with E-state index in [4.69, 9.17) is 5.11 Å². The Balaban J connectivity index is 0. The van der Waals surface area contributed by atoms with E-state index in [1.807, 2.05) is 0 Å². The fraction of sp³-hybridized carbons (Fsp3) is 1.00. The molecular formula is C3H9InO. The van der Waals surface area contributed by atoms with E-state index in [1.165, 1.54) is 0 Å². The molecule has 2 heteroatoms. The van der Waals surface area contributed by atoms with E-state index < -0.39 is 0 Å². The molecule has 0 N–H and O–H groups in total. The summed E-state index contributed by atoms with van der Waals surface area (Å²) in [6.45, 7) is 0. The van der Waals surface area contributed by atoms with Crippen molar-refractivity contribution in [3.05, 3.63) is 0 Å². The molecule has 0 aliphatic rings. The Bertz CT molecular complexity index is 6.85. The Kier molecular flexibility index (Phi) is 39.2. The van der Waals surface area contributed by atoms with E-state index in [0.717, 1.165) is 7.11 Å². The fourth-order valence-corrected chi connectivity index (χ4v) is 0. The van der Waals surface area contributed by atoms with Gasteiger partial charge in [0.25, 0.3) is 0 Å². The molecule has 0 spiro atoms. The van der Waals surface area contributed by atoms with Crippen LogP contribution in [0.1, 0.15) is 0 Å². The summed E-state index contributed by atoms with van der Waals surface area (Å²) in [6, 6.07) is 0. The number of hydrogen-bond donors (Lipinski definition) is 0. The normalized spacial score (nSPS) is 3.20. The Morgan fingerprint density at radius 2 is 1.20 bits per heavy atom. The molecule has 0 unspecified atom stereocenters. The molecule has 0 amide bonds. The molecule has 0 fully saturated rings. The summed E-state index contributed by atoms with van der Waals surface area (Å²) in [5.74, 6) is 0. The zero-order valence-electron chi connectivity index (χ0n) is 3.99. The molecular weight excluding hydrogens is 167 g/mol. The van der Waals surface area contributed by atoms with Crippen molar-refractivity contribution < 1.29 is 5.11 Å². The summed E-state index contributed by atoms with van der Waals surface area (Å²) in [5.41, 5.74) is 0. The molecule has 0 aromatic heterocycles. The van der Waals surface area contributed by atoms with Gasteiger partial charge >= 0.3 is 32.3 Å². The second-order valence-electron chi connectivity index (χ2n) is 0.577. The Morgan fingerprint density at radius 3 is 1.20 bits per heavy atom. The summed E-state index contributed by atoms with van der Waals surface area (Å²) in [6.07, 6.45) is 0. The van der Waals surface area contributed by atoms with E-state index in [2.05, 4.69) is 9.36 Å². The fourth-order valence-electron chi connectivity index (χ4n) is 0. The second kappa shape index (κ2) is 21.2. The maximum atomic E-state index is 8.25. The third-order valence-corrected chi connectivity index (χ3v) is 0. The first-order valence-corrected chi connectivity index (χ1v) is 8.15. The van der Waals surface area contributed by atoms with Crippen LogP contribution >= 0.6 is 0 Å². The molecule has 0 aromatic carbocycles. The molecule has 0 saturated heterocycles. The van der Waals surface area contributed by atoms with Gasteiger partial charge in [-0.15, -0.1) is 0 Å². The van der Waals surface area contributed by atoms with Crippen molar-refractivity contribution in [2.75, 3.05) is 7.11 Å². The molecule has 30 valence electrons. The van der Waals surface area contributed by atoms with Gasteiger partial charge in [-0.2, -0.15) is 7.11 Å². The molecule has 0 radical (unpaired) electrons. The summed E-state index contributed by atoms with van der Waals surface area (Å²) < 4.78 is 4.63. The molecule has 0 aliphatic heterocycles. The Labute approximate surface area is 44.8 Å². The van der Waals surface area contributed by atoms with Gasteiger partial charge in [-0.25, -0.2) is 0 Å². The van der Waals surface area contributed by atoms with Crippen LogP contribution in [0.2, 0.25) is 9.36 Å². The number of rotatable bonds is 0. The molecule has 0 heterocycles. The van der Waals surface area contributed by atoms with Crippen LogP contribution in [0.4, 0.5) is 0 Å². The van der Waals surface area contributed by atoms with Crippen LogP contribution in [0.3, 0.4) is 0 Å².